The number of nitriles is 1. The quantitative estimate of drug-likeness (QED) is 0.554. The summed E-state index contributed by atoms with van der Waals surface area (Å²) in [5, 5.41) is 13.4. The van der Waals surface area contributed by atoms with Crippen molar-refractivity contribution in [1.29, 1.82) is 5.26 Å². The van der Waals surface area contributed by atoms with Gasteiger partial charge in [0.2, 0.25) is 0 Å². The van der Waals surface area contributed by atoms with Crippen LogP contribution >= 0.6 is 0 Å². The van der Waals surface area contributed by atoms with Crippen LogP contribution in [0.2, 0.25) is 0 Å². The molecular weight excluding hydrogens is 332 g/mol. The summed E-state index contributed by atoms with van der Waals surface area (Å²) in [6.07, 6.45) is 13.2. The van der Waals surface area contributed by atoms with Gasteiger partial charge >= 0.3 is 0 Å². The van der Waals surface area contributed by atoms with Gasteiger partial charge < -0.3 is 4.90 Å². The first kappa shape index (κ1) is 22.9. The molecule has 0 saturated heterocycles. The van der Waals surface area contributed by atoms with Crippen LogP contribution in [0, 0.1) is 11.3 Å². The van der Waals surface area contributed by atoms with Crippen LogP contribution in [0.15, 0.2) is 30.6 Å². The fourth-order valence-corrected chi connectivity index (χ4v) is 2.85. The largest absolute Gasteiger partial charge is 0.309 e. The van der Waals surface area contributed by atoms with Crippen molar-refractivity contribution in [1.82, 2.24) is 14.7 Å². The first-order valence-electron chi connectivity index (χ1n) is 10.2. The number of nitrogens with zero attached hydrogens (tertiary/aromatic N) is 4. The molecule has 4 nitrogen and oxygen atoms in total. The van der Waals surface area contributed by atoms with Crippen molar-refractivity contribution < 1.29 is 0 Å². The van der Waals surface area contributed by atoms with Gasteiger partial charge in [-0.2, -0.15) is 10.4 Å². The number of benzene rings is 1. The van der Waals surface area contributed by atoms with Gasteiger partial charge in [0.25, 0.3) is 0 Å². The lowest BCUT2D eigenvalue weighted by atomic mass is 9.99. The Kier molecular flexibility index (Phi) is 11.1. The highest BCUT2D eigenvalue weighted by Gasteiger charge is 2.08. The van der Waals surface area contributed by atoms with Crippen molar-refractivity contribution in [3.05, 3.63) is 41.7 Å². The molecule has 1 aromatic carbocycles. The molecule has 2 aromatic rings. The van der Waals surface area contributed by atoms with E-state index < -0.39 is 0 Å². The molecule has 0 N–H and O–H groups in total. The molecule has 0 unspecified atom stereocenters. The van der Waals surface area contributed by atoms with Gasteiger partial charge in [-0.3, -0.25) is 4.68 Å². The summed E-state index contributed by atoms with van der Waals surface area (Å²) in [4.78, 5) is 2.15. The number of hydrogen-bond donors (Lipinski definition) is 0. The van der Waals surface area contributed by atoms with Crippen molar-refractivity contribution in [3.8, 4) is 17.2 Å². The van der Waals surface area contributed by atoms with Crippen LogP contribution in [0.5, 0.6) is 0 Å². The lowest BCUT2D eigenvalue weighted by Gasteiger charge is -2.10. The van der Waals surface area contributed by atoms with Gasteiger partial charge in [0, 0.05) is 30.9 Å². The van der Waals surface area contributed by atoms with Crippen molar-refractivity contribution in [3.63, 3.8) is 0 Å². The fraction of sp³-hybridized carbons (Fsp3) is 0.565. The van der Waals surface area contributed by atoms with Crippen LogP contribution in [0.4, 0.5) is 0 Å². The fourth-order valence-electron chi connectivity index (χ4n) is 2.85. The molecule has 0 bridgehead atoms. The highest BCUT2D eigenvalue weighted by atomic mass is 15.2. The monoisotopic (exact) mass is 368 g/mol. The highest BCUT2D eigenvalue weighted by Crippen LogP contribution is 2.24. The van der Waals surface area contributed by atoms with Gasteiger partial charge in [0.1, 0.15) is 0 Å². The molecule has 0 fully saturated rings. The maximum absolute atomic E-state index is 9.21. The lowest BCUT2D eigenvalue weighted by Crippen LogP contribution is -2.15. The predicted octanol–water partition coefficient (Wildman–Crippen LogP) is 5.43. The molecule has 0 spiro atoms. The Morgan fingerprint density at radius 2 is 1.74 bits per heavy atom. The molecule has 2 rings (SSSR count). The van der Waals surface area contributed by atoms with E-state index in [1.54, 1.807) is 10.9 Å². The number of rotatable bonds is 9. The Morgan fingerprint density at radius 3 is 2.22 bits per heavy atom. The van der Waals surface area contributed by atoms with Gasteiger partial charge in [-0.15, -0.1) is 0 Å². The Morgan fingerprint density at radius 1 is 1.07 bits per heavy atom. The third kappa shape index (κ3) is 8.88. The van der Waals surface area contributed by atoms with Crippen molar-refractivity contribution in [2.24, 2.45) is 7.05 Å². The molecule has 0 aliphatic rings. The smallest absolute Gasteiger partial charge is 0.0998 e. The first-order valence-corrected chi connectivity index (χ1v) is 10.2. The zero-order valence-electron chi connectivity index (χ0n) is 17.8. The third-order valence-corrected chi connectivity index (χ3v) is 4.53. The van der Waals surface area contributed by atoms with Crippen LogP contribution in [-0.4, -0.2) is 35.3 Å². The molecule has 0 radical (unpaired) electrons. The van der Waals surface area contributed by atoms with Crippen LogP contribution in [0.25, 0.3) is 11.1 Å². The summed E-state index contributed by atoms with van der Waals surface area (Å²) < 4.78 is 1.75. The van der Waals surface area contributed by atoms with Crippen LogP contribution in [0.3, 0.4) is 0 Å². The summed E-state index contributed by atoms with van der Waals surface area (Å²) in [7, 11) is 6.00. The van der Waals surface area contributed by atoms with Crippen molar-refractivity contribution in [2.45, 2.75) is 58.8 Å². The molecule has 0 aliphatic heterocycles. The van der Waals surface area contributed by atoms with E-state index in [9.17, 15) is 5.26 Å². The van der Waals surface area contributed by atoms with E-state index in [1.807, 2.05) is 25.4 Å². The van der Waals surface area contributed by atoms with Crippen LogP contribution in [-0.2, 0) is 13.5 Å². The van der Waals surface area contributed by atoms with Gasteiger partial charge in [-0.1, -0.05) is 58.4 Å². The Bertz CT molecular complexity index is 689. The minimum Gasteiger partial charge on any atom is -0.309 e. The predicted molar refractivity (Wildman–Crippen MR) is 115 cm³/mol. The standard InChI is InChI=1S/C15H18N4.C8H18/c1-18(2)7-6-12-4-5-13(9-16)15(8-12)14-10-17-19(3)11-14;1-3-5-7-8-6-4-2/h4-5,8,10-11H,6-7H2,1-3H3;3-8H2,1-2H3. The molecule has 4 heteroatoms. The highest BCUT2D eigenvalue weighted by molar-refractivity contribution is 5.70. The van der Waals surface area contributed by atoms with Crippen LogP contribution in [0.1, 0.15) is 63.5 Å². The Labute approximate surface area is 165 Å². The summed E-state index contributed by atoms with van der Waals surface area (Å²) in [6, 6.07) is 8.27. The number of aromatic nitrogens is 2. The molecule has 0 amide bonds. The summed E-state index contributed by atoms with van der Waals surface area (Å²) in [6.45, 7) is 5.51. The molecule has 27 heavy (non-hydrogen) atoms. The molecular formula is C23H36N4. The van der Waals surface area contributed by atoms with Gasteiger partial charge in [0.05, 0.1) is 17.8 Å². The SMILES string of the molecule is CCCCCCCC.CN(C)CCc1ccc(C#N)c(-c2cnn(C)c2)c1. The van der Waals surface area contributed by atoms with E-state index in [0.29, 0.717) is 5.56 Å². The summed E-state index contributed by atoms with van der Waals surface area (Å²) >= 11 is 0. The average molecular weight is 369 g/mol. The van der Waals surface area contributed by atoms with Gasteiger partial charge in [-0.25, -0.2) is 0 Å². The van der Waals surface area contributed by atoms with Crippen molar-refractivity contribution >= 4 is 0 Å². The second-order valence-electron chi connectivity index (χ2n) is 7.36. The topological polar surface area (TPSA) is 44.9 Å². The Balaban J connectivity index is 0.000000387. The van der Waals surface area contributed by atoms with Gasteiger partial charge in [-0.05, 0) is 38.2 Å². The minimum atomic E-state index is 0.696. The number of unbranched alkanes of at least 4 members (excludes halogenated alkanes) is 5. The number of hydrogen-bond acceptors (Lipinski definition) is 3. The minimum absolute atomic E-state index is 0.696. The van der Waals surface area contributed by atoms with E-state index >= 15 is 0 Å². The van der Waals surface area contributed by atoms with Crippen LogP contribution < -0.4 is 0 Å². The maximum Gasteiger partial charge on any atom is 0.0998 e. The summed E-state index contributed by atoms with van der Waals surface area (Å²) in [5.74, 6) is 0. The molecule has 0 saturated carbocycles. The molecule has 148 valence electrons. The first-order chi connectivity index (χ1) is 13.0. The molecule has 1 aromatic heterocycles. The second-order valence-corrected chi connectivity index (χ2v) is 7.36. The maximum atomic E-state index is 9.21. The van der Waals surface area contributed by atoms with E-state index in [4.69, 9.17) is 0 Å². The van der Waals surface area contributed by atoms with E-state index in [-0.39, 0.29) is 0 Å². The zero-order valence-corrected chi connectivity index (χ0v) is 17.8. The lowest BCUT2D eigenvalue weighted by molar-refractivity contribution is 0.413. The third-order valence-electron chi connectivity index (χ3n) is 4.53. The zero-order chi connectivity index (χ0) is 20.1. The molecule has 0 atom stereocenters. The van der Waals surface area contributed by atoms with Gasteiger partial charge in [0.15, 0.2) is 0 Å². The second kappa shape index (κ2) is 13.1. The van der Waals surface area contributed by atoms with Crippen molar-refractivity contribution in [2.75, 3.05) is 20.6 Å². The van der Waals surface area contributed by atoms with E-state index in [1.165, 1.54) is 44.1 Å². The summed E-state index contributed by atoms with van der Waals surface area (Å²) in [5.41, 5.74) is 3.89. The average Bonchev–Trinajstić information content (AvgIpc) is 3.10. The molecule has 0 aliphatic carbocycles. The number of likely N-dealkylation sites (N-methyl/N-ethyl adjacent to an activating group) is 1. The number of aryl methyl sites for hydroxylation is 1. The Hall–Kier alpha value is -2.12. The normalized spacial score (nSPS) is 10.4. The van der Waals surface area contributed by atoms with E-state index in [2.05, 4.69) is 50.1 Å². The molecule has 1 heterocycles. The van der Waals surface area contributed by atoms with E-state index in [0.717, 1.165) is 24.1 Å².